The molecule has 26 heavy (non-hydrogen) atoms. The molecular weight excluding hydrogens is 332 g/mol. The van der Waals surface area contributed by atoms with E-state index in [0.29, 0.717) is 18.8 Å². The van der Waals surface area contributed by atoms with Gasteiger partial charge in [-0.25, -0.2) is 0 Å². The molecule has 1 aromatic carbocycles. The van der Waals surface area contributed by atoms with Crippen molar-refractivity contribution in [1.82, 2.24) is 10.3 Å². The number of rotatable bonds is 10. The molecule has 1 heterocycles. The molecule has 6 heteroatoms. The van der Waals surface area contributed by atoms with E-state index in [2.05, 4.69) is 10.3 Å². The van der Waals surface area contributed by atoms with Crippen LogP contribution in [0, 0.1) is 0 Å². The quantitative estimate of drug-likeness (QED) is 0.522. The second-order valence-electron chi connectivity index (χ2n) is 5.63. The van der Waals surface area contributed by atoms with Gasteiger partial charge in [0.25, 0.3) is 5.91 Å². The van der Waals surface area contributed by atoms with Gasteiger partial charge in [0.05, 0.1) is 6.54 Å². The summed E-state index contributed by atoms with van der Waals surface area (Å²) in [5.74, 6) is -2.36. The topological polar surface area (TPSA) is 77.5 Å². The van der Waals surface area contributed by atoms with E-state index < -0.39 is 17.5 Å². The van der Waals surface area contributed by atoms with Gasteiger partial charge in [0, 0.05) is 37.6 Å². The number of ketones is 1. The second-order valence-corrected chi connectivity index (χ2v) is 5.63. The summed E-state index contributed by atoms with van der Waals surface area (Å²) in [6.07, 6.45) is 3.33. The lowest BCUT2D eigenvalue weighted by Gasteiger charge is -2.33. The van der Waals surface area contributed by atoms with Gasteiger partial charge in [-0.3, -0.25) is 14.6 Å². The summed E-state index contributed by atoms with van der Waals surface area (Å²) in [7, 11) is 0. The van der Waals surface area contributed by atoms with Gasteiger partial charge in [0.1, 0.15) is 0 Å². The van der Waals surface area contributed by atoms with Crippen LogP contribution in [0.25, 0.3) is 0 Å². The predicted molar refractivity (Wildman–Crippen MR) is 97.3 cm³/mol. The summed E-state index contributed by atoms with van der Waals surface area (Å²) in [6, 6.07) is 12.7. The summed E-state index contributed by atoms with van der Waals surface area (Å²) in [4.78, 5) is 28.5. The second kappa shape index (κ2) is 9.79. The molecule has 1 amide bonds. The van der Waals surface area contributed by atoms with Crippen LogP contribution in [0.4, 0.5) is 0 Å². The third-order valence-electron chi connectivity index (χ3n) is 3.80. The van der Waals surface area contributed by atoms with Gasteiger partial charge in [-0.05, 0) is 25.5 Å². The predicted octanol–water partition coefficient (Wildman–Crippen LogP) is 2.24. The molecule has 0 unspecified atom stereocenters. The van der Waals surface area contributed by atoms with Gasteiger partial charge < -0.3 is 14.8 Å². The van der Waals surface area contributed by atoms with E-state index in [9.17, 15) is 9.59 Å². The highest BCUT2D eigenvalue weighted by atomic mass is 16.7. The molecule has 0 atom stereocenters. The number of amides is 1. The molecule has 0 aliphatic heterocycles. The van der Waals surface area contributed by atoms with Crippen LogP contribution >= 0.6 is 0 Å². The molecule has 0 aliphatic carbocycles. The van der Waals surface area contributed by atoms with E-state index in [1.165, 1.54) is 0 Å². The Morgan fingerprint density at radius 1 is 1.04 bits per heavy atom. The highest BCUT2D eigenvalue weighted by Gasteiger charge is 2.35. The number of carbonyl (C=O) groups is 2. The minimum atomic E-state index is -1.18. The molecule has 2 rings (SSSR count). The maximum Gasteiger partial charge on any atom is 0.287 e. The maximum absolute atomic E-state index is 12.2. The fraction of sp³-hybridized carbons (Fsp3) is 0.350. The van der Waals surface area contributed by atoms with Gasteiger partial charge in [0.15, 0.2) is 0 Å². The van der Waals surface area contributed by atoms with E-state index in [0.717, 1.165) is 5.56 Å². The maximum atomic E-state index is 12.2. The molecule has 0 saturated heterocycles. The van der Waals surface area contributed by atoms with Crippen molar-refractivity contribution in [2.45, 2.75) is 26.1 Å². The summed E-state index contributed by atoms with van der Waals surface area (Å²) in [5.41, 5.74) is 1.47. The van der Waals surface area contributed by atoms with Gasteiger partial charge in [-0.15, -0.1) is 0 Å². The number of hydrogen-bond donors (Lipinski definition) is 1. The average molecular weight is 356 g/mol. The van der Waals surface area contributed by atoms with Crippen LogP contribution in [0.15, 0.2) is 54.9 Å². The minimum absolute atomic E-state index is 0.0136. The molecular formula is C20H24N2O4. The van der Waals surface area contributed by atoms with Crippen LogP contribution in [0.2, 0.25) is 0 Å². The Bertz CT molecular complexity index is 698. The first-order valence-corrected chi connectivity index (χ1v) is 8.64. The van der Waals surface area contributed by atoms with Crippen molar-refractivity contribution >= 4 is 11.7 Å². The molecule has 0 radical (unpaired) electrons. The standard InChI is InChI=1S/C20H24N2O4/c1-3-25-20(26-4-2,17-11-8-12-21-14-17)15-22-19(24)18(23)13-16-9-6-5-7-10-16/h5-12,14H,3-4,13,15H2,1-2H3,(H,22,24). The summed E-state index contributed by atoms with van der Waals surface area (Å²) in [6.45, 7) is 4.45. The number of aromatic nitrogens is 1. The number of carbonyl (C=O) groups excluding carboxylic acids is 2. The zero-order chi connectivity index (χ0) is 18.8. The van der Waals surface area contributed by atoms with Crippen LogP contribution in [0.3, 0.4) is 0 Å². The van der Waals surface area contributed by atoms with Gasteiger partial charge in [0.2, 0.25) is 11.6 Å². The first-order valence-electron chi connectivity index (χ1n) is 8.64. The Morgan fingerprint density at radius 2 is 1.73 bits per heavy atom. The Hall–Kier alpha value is -2.57. The Balaban J connectivity index is 2.08. The van der Waals surface area contributed by atoms with Crippen LogP contribution in [-0.2, 0) is 31.3 Å². The van der Waals surface area contributed by atoms with E-state index in [1.807, 2.05) is 50.2 Å². The molecule has 0 fully saturated rings. The normalized spacial score (nSPS) is 11.2. The first kappa shape index (κ1) is 19.8. The lowest BCUT2D eigenvalue weighted by Crippen LogP contribution is -2.47. The van der Waals surface area contributed by atoms with Crippen molar-refractivity contribution in [3.8, 4) is 0 Å². The molecule has 0 bridgehead atoms. The fourth-order valence-corrected chi connectivity index (χ4v) is 2.62. The molecule has 0 spiro atoms. The fourth-order valence-electron chi connectivity index (χ4n) is 2.62. The highest BCUT2D eigenvalue weighted by molar-refractivity contribution is 6.36. The summed E-state index contributed by atoms with van der Waals surface area (Å²) < 4.78 is 11.6. The summed E-state index contributed by atoms with van der Waals surface area (Å²) in [5, 5.41) is 2.65. The number of hydrogen-bond acceptors (Lipinski definition) is 5. The largest absolute Gasteiger partial charge is 0.345 e. The molecule has 1 N–H and O–H groups in total. The zero-order valence-corrected chi connectivity index (χ0v) is 15.1. The average Bonchev–Trinajstić information content (AvgIpc) is 2.67. The lowest BCUT2D eigenvalue weighted by atomic mass is 10.1. The van der Waals surface area contributed by atoms with E-state index in [4.69, 9.17) is 9.47 Å². The SMILES string of the molecule is CCOC(CNC(=O)C(=O)Cc1ccccc1)(OCC)c1cccnc1. The smallest absolute Gasteiger partial charge is 0.287 e. The highest BCUT2D eigenvalue weighted by Crippen LogP contribution is 2.26. The summed E-state index contributed by atoms with van der Waals surface area (Å²) >= 11 is 0. The van der Waals surface area contributed by atoms with Crippen molar-refractivity contribution < 1.29 is 19.1 Å². The molecule has 6 nitrogen and oxygen atoms in total. The molecule has 1 aromatic heterocycles. The van der Waals surface area contributed by atoms with Crippen molar-refractivity contribution in [3.63, 3.8) is 0 Å². The number of Topliss-reactive ketones (excluding diaryl/α,β-unsaturated/α-hetero) is 1. The van der Waals surface area contributed by atoms with E-state index >= 15 is 0 Å². The Morgan fingerprint density at radius 3 is 2.31 bits per heavy atom. The lowest BCUT2D eigenvalue weighted by molar-refractivity contribution is -0.239. The number of pyridine rings is 1. The third-order valence-corrected chi connectivity index (χ3v) is 3.80. The van der Waals surface area contributed by atoms with Crippen LogP contribution in [0.5, 0.6) is 0 Å². The van der Waals surface area contributed by atoms with Crippen LogP contribution < -0.4 is 5.32 Å². The molecule has 0 saturated carbocycles. The van der Waals surface area contributed by atoms with Gasteiger partial charge in [-0.1, -0.05) is 36.4 Å². The van der Waals surface area contributed by atoms with Crippen molar-refractivity contribution in [2.75, 3.05) is 19.8 Å². The first-order chi connectivity index (χ1) is 12.6. The Labute approximate surface area is 153 Å². The number of nitrogens with zero attached hydrogens (tertiary/aromatic N) is 1. The van der Waals surface area contributed by atoms with E-state index in [1.54, 1.807) is 18.5 Å². The number of nitrogens with one attached hydrogen (secondary N) is 1. The van der Waals surface area contributed by atoms with Gasteiger partial charge >= 0.3 is 0 Å². The number of ether oxygens (including phenoxy) is 2. The van der Waals surface area contributed by atoms with Crippen LogP contribution in [-0.4, -0.2) is 36.4 Å². The van der Waals surface area contributed by atoms with Crippen LogP contribution in [0.1, 0.15) is 25.0 Å². The van der Waals surface area contributed by atoms with Crippen molar-refractivity contribution in [3.05, 3.63) is 66.0 Å². The Kier molecular flexibility index (Phi) is 7.44. The zero-order valence-electron chi connectivity index (χ0n) is 15.1. The molecule has 138 valence electrons. The third kappa shape index (κ3) is 5.21. The van der Waals surface area contributed by atoms with Gasteiger partial charge in [-0.2, -0.15) is 0 Å². The monoisotopic (exact) mass is 356 g/mol. The number of benzene rings is 1. The molecule has 0 aliphatic rings. The molecule has 2 aromatic rings. The minimum Gasteiger partial charge on any atom is -0.345 e. The van der Waals surface area contributed by atoms with E-state index in [-0.39, 0.29) is 13.0 Å². The van der Waals surface area contributed by atoms with Crippen molar-refractivity contribution in [2.24, 2.45) is 0 Å². The van der Waals surface area contributed by atoms with Crippen molar-refractivity contribution in [1.29, 1.82) is 0 Å².